The fraction of sp³-hybridized carbons (Fsp3) is 0.900. The van der Waals surface area contributed by atoms with Gasteiger partial charge in [-0.05, 0) is 19.3 Å². The lowest BCUT2D eigenvalue weighted by Gasteiger charge is -2.37. The highest BCUT2D eigenvalue weighted by atomic mass is 32.3. The Morgan fingerprint density at radius 2 is 1.26 bits per heavy atom. The van der Waals surface area contributed by atoms with Crippen molar-refractivity contribution < 1.29 is 52.1 Å². The van der Waals surface area contributed by atoms with Gasteiger partial charge in [-0.25, -0.2) is 12.6 Å². The molecule has 0 radical (unpaired) electrons. The fourth-order valence-electron chi connectivity index (χ4n) is 2.49. The van der Waals surface area contributed by atoms with Gasteiger partial charge in [0.25, 0.3) is 0 Å². The van der Waals surface area contributed by atoms with E-state index in [0.29, 0.717) is 10.3 Å². The molecule has 6 nitrogen and oxygen atoms in total. The first-order chi connectivity index (χ1) is 11.8. The van der Waals surface area contributed by atoms with E-state index in [1.165, 1.54) is 0 Å². The first-order valence-electron chi connectivity index (χ1n) is 6.71. The van der Waals surface area contributed by atoms with Gasteiger partial charge in [-0.15, -0.1) is 8.49 Å². The minimum absolute atomic E-state index is 0.475. The number of rotatable bonds is 3. The van der Waals surface area contributed by atoms with Gasteiger partial charge in [0.05, 0.1) is 17.1 Å². The third-order valence-corrected chi connectivity index (χ3v) is 7.84. The lowest BCUT2D eigenvalue weighted by Crippen LogP contribution is -2.49. The molecule has 1 aliphatic rings. The Kier molecular flexibility index (Phi) is 6.40. The minimum atomic E-state index is -6.47. The Labute approximate surface area is 147 Å². The maximum absolute atomic E-state index is 12.9. The zero-order valence-corrected chi connectivity index (χ0v) is 14.3. The smallest absolute Gasteiger partial charge is 0.231 e. The van der Waals surface area contributed by atoms with Crippen molar-refractivity contribution in [3.8, 4) is 6.19 Å². The van der Waals surface area contributed by atoms with Crippen LogP contribution in [0.1, 0.15) is 19.3 Å². The highest BCUT2D eigenvalue weighted by Gasteiger charge is 2.55. The molecule has 1 fully saturated rings. The van der Waals surface area contributed by atoms with Gasteiger partial charge in [-0.2, -0.15) is 44.8 Å². The van der Waals surface area contributed by atoms with Gasteiger partial charge < -0.3 is 0 Å². The quantitative estimate of drug-likeness (QED) is 0.522. The van der Waals surface area contributed by atoms with Crippen LogP contribution in [-0.4, -0.2) is 35.7 Å². The molecule has 27 heavy (non-hydrogen) atoms. The molecule has 1 saturated carbocycles. The number of nitrogens with zero attached hydrogens (tertiary/aromatic N) is 2. The second kappa shape index (κ2) is 7.28. The summed E-state index contributed by atoms with van der Waals surface area (Å²) in [5.41, 5.74) is -6.08. The average Bonchev–Trinajstić information content (AvgIpc) is 2.43. The Balaban J connectivity index is 3.44. The summed E-state index contributed by atoms with van der Waals surface area (Å²) >= 11 is 0. The Morgan fingerprint density at radius 3 is 1.56 bits per heavy atom. The molecule has 1 aliphatic carbocycles. The summed E-state index contributed by atoms with van der Waals surface area (Å²) in [4.78, 5) is 0. The molecule has 158 valence electrons. The molecule has 0 aromatic heterocycles. The van der Waals surface area contributed by atoms with E-state index in [0.717, 1.165) is 0 Å². The summed E-state index contributed by atoms with van der Waals surface area (Å²) in [6.07, 6.45) is -14.0. The van der Waals surface area contributed by atoms with Gasteiger partial charge in [-0.1, -0.05) is 0 Å². The molecule has 0 aliphatic heterocycles. The molecule has 0 spiro atoms. The highest BCUT2D eigenvalue weighted by Crippen LogP contribution is 2.47. The van der Waals surface area contributed by atoms with Crippen LogP contribution in [-0.2, 0) is 19.9 Å². The van der Waals surface area contributed by atoms with E-state index in [1.807, 2.05) is 0 Å². The van der Waals surface area contributed by atoms with E-state index in [4.69, 9.17) is 5.26 Å². The Hall–Kier alpha value is -1.28. The Bertz CT molecular complexity index is 794. The van der Waals surface area contributed by atoms with E-state index in [1.54, 1.807) is 0 Å². The maximum Gasteiger partial charge on any atom is 0.512 e. The molecule has 0 aromatic rings. The van der Waals surface area contributed by atoms with E-state index in [9.17, 15) is 52.1 Å². The molecule has 1 N–H and O–H groups in total. The second-order valence-corrected chi connectivity index (χ2v) is 9.72. The molecule has 1 rings (SSSR count). The third kappa shape index (κ3) is 5.60. The number of halogens is 9. The van der Waals surface area contributed by atoms with Crippen molar-refractivity contribution in [2.24, 2.45) is 16.2 Å². The number of nitriles is 1. The molecular formula is C10H10F9N3O3S2. The van der Waals surface area contributed by atoms with Crippen molar-refractivity contribution in [2.45, 2.75) is 42.4 Å². The predicted molar refractivity (Wildman–Crippen MR) is 71.0 cm³/mol. The zero-order valence-electron chi connectivity index (χ0n) is 12.7. The number of hydrogen-bond donors (Lipinski definition) is 1. The lowest BCUT2D eigenvalue weighted by molar-refractivity contribution is -0.221. The molecule has 0 aromatic carbocycles. The molecule has 0 amide bonds. The number of alkyl halides is 9. The van der Waals surface area contributed by atoms with Gasteiger partial charge in [0.1, 0.15) is 9.92 Å². The van der Waals surface area contributed by atoms with Gasteiger partial charge in [0, 0.05) is 0 Å². The first kappa shape index (κ1) is 23.8. The van der Waals surface area contributed by atoms with Crippen LogP contribution >= 0.6 is 0 Å². The summed E-state index contributed by atoms with van der Waals surface area (Å²) in [5, 5.41) is 6.00. The topological polar surface area (TPSA) is 99.4 Å². The monoisotopic (exact) mass is 455 g/mol. The summed E-state index contributed by atoms with van der Waals surface area (Å²) in [6, 6.07) is 0. The van der Waals surface area contributed by atoms with E-state index in [-0.39, 0.29) is 0 Å². The summed E-state index contributed by atoms with van der Waals surface area (Å²) < 4.78 is 152. The van der Waals surface area contributed by atoms with Gasteiger partial charge in [0.2, 0.25) is 6.19 Å². The average molecular weight is 455 g/mol. The van der Waals surface area contributed by atoms with Gasteiger partial charge in [0.15, 0.2) is 0 Å². The number of hydrogen-bond acceptors (Lipinski definition) is 5. The van der Waals surface area contributed by atoms with Crippen LogP contribution in [0.2, 0.25) is 0 Å². The molecule has 0 saturated heterocycles. The number of nitrogens with one attached hydrogen (secondary N) is 1. The SMILES string of the molecule is N#CN=S(=O)(NS(=O)(=O)C(F)(F)F)C1CC(C(F)(F)F)CC(C(F)(F)F)C1. The van der Waals surface area contributed by atoms with E-state index < -0.39 is 74.1 Å². The molecule has 0 bridgehead atoms. The first-order valence-corrected chi connectivity index (χ1v) is 9.77. The van der Waals surface area contributed by atoms with Crippen molar-refractivity contribution in [1.82, 2.24) is 4.13 Å². The standard InChI is InChI=1S/C10H10F9N3O3S2/c11-8(12,13)5-1-6(9(14,15)16)3-7(2-5)26(23,21-4-20)22-27(24,25)10(17,18)19/h5-7H,1-3H2,(H,21,22,23). The second-order valence-electron chi connectivity index (χ2n) is 5.60. The van der Waals surface area contributed by atoms with Crippen molar-refractivity contribution >= 4 is 19.9 Å². The highest BCUT2D eigenvalue weighted by molar-refractivity contribution is 8.06. The normalized spacial score (nSPS) is 27.5. The van der Waals surface area contributed by atoms with Crippen LogP contribution in [0, 0.1) is 23.3 Å². The van der Waals surface area contributed by atoms with Crippen molar-refractivity contribution in [1.29, 1.82) is 5.26 Å². The zero-order chi connectivity index (χ0) is 21.5. The maximum atomic E-state index is 12.9. The van der Waals surface area contributed by atoms with Crippen LogP contribution in [0.4, 0.5) is 39.5 Å². The number of sulfonamides is 1. The van der Waals surface area contributed by atoms with Crippen molar-refractivity contribution in [3.63, 3.8) is 0 Å². The van der Waals surface area contributed by atoms with Crippen molar-refractivity contribution in [2.75, 3.05) is 0 Å². The van der Waals surface area contributed by atoms with Crippen LogP contribution in [0.15, 0.2) is 4.36 Å². The lowest BCUT2D eigenvalue weighted by atomic mass is 9.80. The molecule has 0 heterocycles. The molecule has 17 heteroatoms. The molecule has 3 atom stereocenters. The van der Waals surface area contributed by atoms with Crippen LogP contribution in [0.3, 0.4) is 0 Å². The minimum Gasteiger partial charge on any atom is -0.231 e. The summed E-state index contributed by atoms with van der Waals surface area (Å²) in [7, 11) is -11.6. The molecule has 3 unspecified atom stereocenters. The largest absolute Gasteiger partial charge is 0.512 e. The van der Waals surface area contributed by atoms with E-state index in [2.05, 4.69) is 4.36 Å². The predicted octanol–water partition coefficient (Wildman–Crippen LogP) is 3.20. The van der Waals surface area contributed by atoms with Crippen LogP contribution < -0.4 is 4.13 Å². The Morgan fingerprint density at radius 1 is 0.852 bits per heavy atom. The fourth-order valence-corrected chi connectivity index (χ4v) is 6.07. The van der Waals surface area contributed by atoms with E-state index >= 15 is 0 Å². The van der Waals surface area contributed by atoms with Gasteiger partial charge >= 0.3 is 27.9 Å². The van der Waals surface area contributed by atoms with Crippen molar-refractivity contribution in [3.05, 3.63) is 0 Å². The third-order valence-electron chi connectivity index (χ3n) is 3.75. The summed E-state index contributed by atoms with van der Waals surface area (Å²) in [6.45, 7) is 0. The molecular weight excluding hydrogens is 445 g/mol. The summed E-state index contributed by atoms with van der Waals surface area (Å²) in [5.74, 6) is -5.46. The van der Waals surface area contributed by atoms with Gasteiger partial charge in [-0.3, -0.25) is 0 Å². The van der Waals surface area contributed by atoms with Crippen LogP contribution in [0.5, 0.6) is 0 Å². The van der Waals surface area contributed by atoms with Crippen LogP contribution in [0.25, 0.3) is 0 Å².